The van der Waals surface area contributed by atoms with Crippen LogP contribution in [-0.4, -0.2) is 16.6 Å². The molecule has 1 amide bonds. The lowest BCUT2D eigenvalue weighted by Crippen LogP contribution is -2.24. The van der Waals surface area contributed by atoms with Gasteiger partial charge in [-0.15, -0.1) is 11.8 Å². The number of thioether (sulfide) groups is 1. The Kier molecular flexibility index (Phi) is 4.27. The van der Waals surface area contributed by atoms with Gasteiger partial charge < -0.3 is 15.5 Å². The predicted octanol–water partition coefficient (Wildman–Crippen LogP) is 2.04. The molecule has 2 aromatic rings. The van der Waals surface area contributed by atoms with E-state index in [4.69, 9.17) is 10.2 Å². The minimum absolute atomic E-state index is 0.0391. The number of hydrogen-bond donors (Lipinski definition) is 2. The number of nitrogen functional groups attached to an aromatic ring is 1. The number of aromatic nitrogens is 1. The van der Waals surface area contributed by atoms with Crippen LogP contribution in [-0.2, 0) is 11.3 Å². The van der Waals surface area contributed by atoms with Gasteiger partial charge in [0.1, 0.15) is 5.76 Å². The van der Waals surface area contributed by atoms with E-state index in [9.17, 15) is 4.79 Å². The molecule has 7 heteroatoms. The zero-order valence-electron chi connectivity index (χ0n) is 9.80. The van der Waals surface area contributed by atoms with E-state index in [0.29, 0.717) is 17.4 Å². The predicted molar refractivity (Wildman–Crippen MR) is 72.5 cm³/mol. The molecule has 0 aromatic carbocycles. The molecule has 0 atom stereocenters. The van der Waals surface area contributed by atoms with Crippen molar-refractivity contribution >= 4 is 34.1 Å². The van der Waals surface area contributed by atoms with Crippen LogP contribution < -0.4 is 11.1 Å². The van der Waals surface area contributed by atoms with Crippen molar-refractivity contribution in [3.63, 3.8) is 0 Å². The summed E-state index contributed by atoms with van der Waals surface area (Å²) < 4.78 is 6.11. The monoisotopic (exact) mass is 283 g/mol. The molecule has 0 spiro atoms. The Bertz CT molecular complexity index is 522. The van der Waals surface area contributed by atoms with Gasteiger partial charge in [-0.25, -0.2) is 4.98 Å². The summed E-state index contributed by atoms with van der Waals surface area (Å²) in [5, 5.41) is 3.31. The second kappa shape index (κ2) is 5.92. The van der Waals surface area contributed by atoms with Crippen LogP contribution in [0, 0.1) is 6.92 Å². The number of carbonyl (C=O) groups excluding carboxylic acids is 1. The summed E-state index contributed by atoms with van der Waals surface area (Å²) in [7, 11) is 0. The highest BCUT2D eigenvalue weighted by atomic mass is 32.2. The minimum Gasteiger partial charge on any atom is -0.467 e. The molecule has 3 N–H and O–H groups in total. The number of nitrogens with two attached hydrogens (primary N) is 1. The number of thiazole rings is 1. The molecule has 0 aliphatic carbocycles. The second-order valence-electron chi connectivity index (χ2n) is 3.57. The fraction of sp³-hybridized carbons (Fsp3) is 0.273. The third kappa shape index (κ3) is 3.51. The molecule has 0 aliphatic rings. The third-order valence-electron chi connectivity index (χ3n) is 2.14. The van der Waals surface area contributed by atoms with Gasteiger partial charge in [0.2, 0.25) is 5.91 Å². The number of furan rings is 1. The fourth-order valence-corrected chi connectivity index (χ4v) is 3.17. The SMILES string of the molecule is Cc1nc(N)sc1SCC(=O)NCc1ccco1. The van der Waals surface area contributed by atoms with Crippen molar-refractivity contribution in [1.29, 1.82) is 0 Å². The van der Waals surface area contributed by atoms with E-state index >= 15 is 0 Å². The van der Waals surface area contributed by atoms with Crippen LogP contribution >= 0.6 is 23.1 Å². The number of nitrogens with zero attached hydrogens (tertiary/aromatic N) is 1. The second-order valence-corrected chi connectivity index (χ2v) is 5.84. The first-order valence-corrected chi connectivity index (χ1v) is 7.10. The van der Waals surface area contributed by atoms with Crippen molar-refractivity contribution in [2.75, 3.05) is 11.5 Å². The van der Waals surface area contributed by atoms with Gasteiger partial charge in [0.25, 0.3) is 0 Å². The average molecular weight is 283 g/mol. The first-order valence-electron chi connectivity index (χ1n) is 5.30. The number of hydrogen-bond acceptors (Lipinski definition) is 6. The Morgan fingerprint density at radius 3 is 3.11 bits per heavy atom. The number of carbonyl (C=O) groups is 1. The van der Waals surface area contributed by atoms with Crippen LogP contribution in [0.2, 0.25) is 0 Å². The normalized spacial score (nSPS) is 10.5. The highest BCUT2D eigenvalue weighted by Gasteiger charge is 2.09. The molecule has 5 nitrogen and oxygen atoms in total. The summed E-state index contributed by atoms with van der Waals surface area (Å²) in [5.41, 5.74) is 6.47. The summed E-state index contributed by atoms with van der Waals surface area (Å²) >= 11 is 2.85. The van der Waals surface area contributed by atoms with Gasteiger partial charge in [-0.05, 0) is 19.1 Å². The number of nitrogens with one attached hydrogen (secondary N) is 1. The number of anilines is 1. The van der Waals surface area contributed by atoms with Crippen molar-refractivity contribution < 1.29 is 9.21 Å². The fourth-order valence-electron chi connectivity index (χ4n) is 1.32. The molecule has 2 heterocycles. The topological polar surface area (TPSA) is 81.1 Å². The molecule has 0 bridgehead atoms. The molecule has 0 unspecified atom stereocenters. The number of rotatable bonds is 5. The van der Waals surface area contributed by atoms with Crippen LogP contribution in [0.4, 0.5) is 5.13 Å². The first kappa shape index (κ1) is 13.0. The lowest BCUT2D eigenvalue weighted by atomic mass is 10.4. The maximum Gasteiger partial charge on any atom is 0.230 e. The smallest absolute Gasteiger partial charge is 0.230 e. The molecule has 0 fully saturated rings. The molecule has 0 saturated carbocycles. The van der Waals surface area contributed by atoms with E-state index in [2.05, 4.69) is 10.3 Å². The van der Waals surface area contributed by atoms with Crippen molar-refractivity contribution in [2.24, 2.45) is 0 Å². The van der Waals surface area contributed by atoms with Gasteiger partial charge in [0, 0.05) is 0 Å². The zero-order valence-corrected chi connectivity index (χ0v) is 11.4. The lowest BCUT2D eigenvalue weighted by Gasteiger charge is -2.02. The quantitative estimate of drug-likeness (QED) is 0.821. The van der Waals surface area contributed by atoms with E-state index in [1.165, 1.54) is 23.1 Å². The van der Waals surface area contributed by atoms with Gasteiger partial charge in [0.15, 0.2) is 5.13 Å². The number of aryl methyl sites for hydroxylation is 1. The molecule has 18 heavy (non-hydrogen) atoms. The molecular formula is C11H13N3O2S2. The van der Waals surface area contributed by atoms with Crippen LogP contribution in [0.25, 0.3) is 0 Å². The summed E-state index contributed by atoms with van der Waals surface area (Å²) in [6.07, 6.45) is 1.58. The largest absolute Gasteiger partial charge is 0.467 e. The average Bonchev–Trinajstić information content (AvgIpc) is 2.94. The van der Waals surface area contributed by atoms with Crippen molar-refractivity contribution in [1.82, 2.24) is 10.3 Å². The molecule has 2 rings (SSSR count). The van der Waals surface area contributed by atoms with Crippen molar-refractivity contribution in [3.05, 3.63) is 29.9 Å². The molecule has 0 aliphatic heterocycles. The van der Waals surface area contributed by atoms with Crippen LogP contribution in [0.3, 0.4) is 0 Å². The first-order chi connectivity index (χ1) is 8.65. The van der Waals surface area contributed by atoms with E-state index in [0.717, 1.165) is 15.7 Å². The van der Waals surface area contributed by atoms with Gasteiger partial charge in [0.05, 0.1) is 28.5 Å². The standard InChI is InChI=1S/C11H13N3O2S2/c1-7-10(18-11(12)14-7)17-6-9(15)13-5-8-3-2-4-16-8/h2-4H,5-6H2,1H3,(H2,12,14)(H,13,15). The molecular weight excluding hydrogens is 270 g/mol. The summed E-state index contributed by atoms with van der Waals surface area (Å²) in [6, 6.07) is 3.61. The Morgan fingerprint density at radius 1 is 1.67 bits per heavy atom. The number of amides is 1. The van der Waals surface area contributed by atoms with Gasteiger partial charge in [-0.2, -0.15) is 0 Å². The highest BCUT2D eigenvalue weighted by molar-refractivity contribution is 8.01. The third-order valence-corrected chi connectivity index (χ3v) is 4.49. The van der Waals surface area contributed by atoms with Crippen molar-refractivity contribution in [3.8, 4) is 0 Å². The van der Waals surface area contributed by atoms with E-state index in [-0.39, 0.29) is 5.91 Å². The highest BCUT2D eigenvalue weighted by Crippen LogP contribution is 2.30. The lowest BCUT2D eigenvalue weighted by molar-refractivity contribution is -0.118. The van der Waals surface area contributed by atoms with Gasteiger partial charge in [-0.3, -0.25) is 4.79 Å². The summed E-state index contributed by atoms with van der Waals surface area (Å²) in [6.45, 7) is 2.30. The Labute approximate surface area is 113 Å². The van der Waals surface area contributed by atoms with Crippen molar-refractivity contribution in [2.45, 2.75) is 17.7 Å². The summed E-state index contributed by atoms with van der Waals surface area (Å²) in [5.74, 6) is 1.05. The zero-order chi connectivity index (χ0) is 13.0. The summed E-state index contributed by atoms with van der Waals surface area (Å²) in [4.78, 5) is 15.7. The molecule has 2 aromatic heterocycles. The molecule has 0 radical (unpaired) electrons. The van der Waals surface area contributed by atoms with Crippen LogP contribution in [0.5, 0.6) is 0 Å². The Hall–Kier alpha value is -1.47. The maximum absolute atomic E-state index is 11.6. The molecule has 0 saturated heterocycles. The Morgan fingerprint density at radius 2 is 2.50 bits per heavy atom. The van der Waals surface area contributed by atoms with Crippen LogP contribution in [0.1, 0.15) is 11.5 Å². The minimum atomic E-state index is -0.0391. The van der Waals surface area contributed by atoms with Crippen LogP contribution in [0.15, 0.2) is 27.0 Å². The van der Waals surface area contributed by atoms with E-state index in [1.807, 2.05) is 13.0 Å². The van der Waals surface area contributed by atoms with E-state index < -0.39 is 0 Å². The maximum atomic E-state index is 11.6. The Balaban J connectivity index is 1.76. The van der Waals surface area contributed by atoms with E-state index in [1.54, 1.807) is 12.3 Å². The van der Waals surface area contributed by atoms with Gasteiger partial charge in [-0.1, -0.05) is 11.3 Å². The van der Waals surface area contributed by atoms with Gasteiger partial charge >= 0.3 is 0 Å². The molecule has 96 valence electrons.